The van der Waals surface area contributed by atoms with Crippen molar-refractivity contribution < 1.29 is 14.3 Å². The number of hydrogen-bond donors (Lipinski definition) is 2. The number of amides is 1. The number of ether oxygens (including phenoxy) is 1. The predicted molar refractivity (Wildman–Crippen MR) is 81.1 cm³/mol. The average Bonchev–Trinajstić information content (AvgIpc) is 2.84. The van der Waals surface area contributed by atoms with Crippen molar-refractivity contribution in [1.29, 1.82) is 0 Å². The molecular formula is C16H20N2O3. The van der Waals surface area contributed by atoms with Crippen LogP contribution in [-0.2, 0) is 9.53 Å². The maximum Gasteiger partial charge on any atom is 0.328 e. The summed E-state index contributed by atoms with van der Waals surface area (Å²) in [7, 11) is 0. The van der Waals surface area contributed by atoms with E-state index >= 15 is 0 Å². The lowest BCUT2D eigenvalue weighted by Crippen LogP contribution is -2.42. The van der Waals surface area contributed by atoms with E-state index in [0.717, 1.165) is 10.9 Å². The van der Waals surface area contributed by atoms with Gasteiger partial charge >= 0.3 is 5.97 Å². The van der Waals surface area contributed by atoms with Gasteiger partial charge in [-0.2, -0.15) is 0 Å². The van der Waals surface area contributed by atoms with Gasteiger partial charge in [-0.15, -0.1) is 0 Å². The van der Waals surface area contributed by atoms with Crippen LogP contribution in [-0.4, -0.2) is 28.5 Å². The monoisotopic (exact) mass is 288 g/mol. The maximum atomic E-state index is 12.3. The van der Waals surface area contributed by atoms with Gasteiger partial charge in [-0.1, -0.05) is 12.1 Å². The van der Waals surface area contributed by atoms with Gasteiger partial charge in [0.15, 0.2) is 0 Å². The number of para-hydroxylation sites is 1. The van der Waals surface area contributed by atoms with E-state index in [-0.39, 0.29) is 5.91 Å². The molecule has 0 radical (unpaired) electrons. The molecular weight excluding hydrogens is 268 g/mol. The standard InChI is InChI=1S/C16H20N2O3/c1-10(15(20)21-16(2,3)4)18-14(19)12-7-5-6-11-8-9-17-13(11)12/h5-10,17H,1-4H3,(H,18,19)/t10-/m1/s1. The Morgan fingerprint density at radius 3 is 2.62 bits per heavy atom. The summed E-state index contributed by atoms with van der Waals surface area (Å²) in [5.74, 6) is -0.754. The number of carbonyl (C=O) groups excluding carboxylic acids is 2. The fourth-order valence-electron chi connectivity index (χ4n) is 2.00. The molecule has 1 aromatic carbocycles. The number of hydrogen-bond acceptors (Lipinski definition) is 3. The first-order valence-electron chi connectivity index (χ1n) is 6.88. The number of rotatable bonds is 3. The second-order valence-electron chi connectivity index (χ2n) is 5.98. The van der Waals surface area contributed by atoms with Crippen LogP contribution in [0, 0.1) is 0 Å². The molecule has 5 nitrogen and oxygen atoms in total. The van der Waals surface area contributed by atoms with E-state index in [4.69, 9.17) is 4.74 Å². The molecule has 2 rings (SSSR count). The summed E-state index contributed by atoms with van der Waals surface area (Å²) in [6.07, 6.45) is 1.78. The molecule has 112 valence electrons. The molecule has 0 unspecified atom stereocenters. The van der Waals surface area contributed by atoms with E-state index < -0.39 is 17.6 Å². The highest BCUT2D eigenvalue weighted by Crippen LogP contribution is 2.17. The van der Waals surface area contributed by atoms with Gasteiger partial charge in [0.25, 0.3) is 5.91 Å². The molecule has 1 aromatic heterocycles. The summed E-state index contributed by atoms with van der Waals surface area (Å²) in [6.45, 7) is 6.98. The molecule has 0 saturated heterocycles. The predicted octanol–water partition coefficient (Wildman–Crippen LogP) is 2.63. The third kappa shape index (κ3) is 3.62. The van der Waals surface area contributed by atoms with Crippen molar-refractivity contribution in [2.45, 2.75) is 39.3 Å². The van der Waals surface area contributed by atoms with Crippen LogP contribution in [0.1, 0.15) is 38.1 Å². The first-order valence-corrected chi connectivity index (χ1v) is 6.88. The second kappa shape index (κ2) is 5.60. The van der Waals surface area contributed by atoms with E-state index in [1.54, 1.807) is 40.0 Å². The van der Waals surface area contributed by atoms with E-state index in [0.29, 0.717) is 5.56 Å². The minimum absolute atomic E-state index is 0.304. The van der Waals surface area contributed by atoms with Crippen molar-refractivity contribution in [2.24, 2.45) is 0 Å². The quantitative estimate of drug-likeness (QED) is 0.853. The third-order valence-corrected chi connectivity index (χ3v) is 2.94. The van der Waals surface area contributed by atoms with Gasteiger partial charge in [0.05, 0.1) is 11.1 Å². The molecule has 2 aromatic rings. The van der Waals surface area contributed by atoms with Gasteiger partial charge in [-0.05, 0) is 39.8 Å². The van der Waals surface area contributed by atoms with Crippen LogP contribution in [0.15, 0.2) is 30.5 Å². The first-order chi connectivity index (χ1) is 9.78. The Labute approximate surface area is 123 Å². The van der Waals surface area contributed by atoms with Crippen LogP contribution in [0.25, 0.3) is 10.9 Å². The molecule has 1 amide bonds. The van der Waals surface area contributed by atoms with Gasteiger partial charge in [-0.25, -0.2) is 4.79 Å². The Morgan fingerprint density at radius 1 is 1.24 bits per heavy atom. The number of esters is 1. The Bertz CT molecular complexity index is 667. The number of H-pyrrole nitrogens is 1. The molecule has 2 N–H and O–H groups in total. The molecule has 1 heterocycles. The Morgan fingerprint density at radius 2 is 1.95 bits per heavy atom. The summed E-state index contributed by atoms with van der Waals surface area (Å²) >= 11 is 0. The van der Waals surface area contributed by atoms with Crippen LogP contribution >= 0.6 is 0 Å². The van der Waals surface area contributed by atoms with Crippen molar-refractivity contribution in [1.82, 2.24) is 10.3 Å². The molecule has 5 heteroatoms. The molecule has 0 aliphatic carbocycles. The average molecular weight is 288 g/mol. The summed E-state index contributed by atoms with van der Waals surface area (Å²) in [6, 6.07) is 6.63. The van der Waals surface area contributed by atoms with E-state index in [1.165, 1.54) is 0 Å². The third-order valence-electron chi connectivity index (χ3n) is 2.94. The number of fused-ring (bicyclic) bond motifs is 1. The van der Waals surface area contributed by atoms with Crippen LogP contribution < -0.4 is 5.32 Å². The number of carbonyl (C=O) groups is 2. The molecule has 1 atom stereocenters. The first kappa shape index (κ1) is 15.1. The van der Waals surface area contributed by atoms with Crippen molar-refractivity contribution in [2.75, 3.05) is 0 Å². The van der Waals surface area contributed by atoms with Gasteiger partial charge in [0.1, 0.15) is 11.6 Å². The Balaban J connectivity index is 2.11. The Kier molecular flexibility index (Phi) is 4.02. The highest BCUT2D eigenvalue weighted by Gasteiger charge is 2.23. The molecule has 0 aliphatic heterocycles. The molecule has 21 heavy (non-hydrogen) atoms. The zero-order valence-corrected chi connectivity index (χ0v) is 12.7. The minimum atomic E-state index is -0.707. The zero-order valence-electron chi connectivity index (χ0n) is 12.7. The zero-order chi connectivity index (χ0) is 15.6. The van der Waals surface area contributed by atoms with Crippen molar-refractivity contribution in [3.8, 4) is 0 Å². The summed E-state index contributed by atoms with van der Waals surface area (Å²) in [4.78, 5) is 27.2. The van der Waals surface area contributed by atoms with Crippen molar-refractivity contribution in [3.63, 3.8) is 0 Å². The number of benzene rings is 1. The molecule has 0 aliphatic rings. The SMILES string of the molecule is C[C@@H](NC(=O)c1cccc2cc[nH]c12)C(=O)OC(C)(C)C. The maximum absolute atomic E-state index is 12.3. The van der Waals surface area contributed by atoms with Gasteiger partial charge < -0.3 is 15.0 Å². The number of nitrogens with one attached hydrogen (secondary N) is 2. The molecule has 0 spiro atoms. The summed E-state index contributed by atoms with van der Waals surface area (Å²) < 4.78 is 5.25. The fraction of sp³-hybridized carbons (Fsp3) is 0.375. The van der Waals surface area contributed by atoms with Gasteiger partial charge in [-0.3, -0.25) is 4.79 Å². The van der Waals surface area contributed by atoms with Gasteiger partial charge in [0.2, 0.25) is 0 Å². The van der Waals surface area contributed by atoms with Crippen LogP contribution in [0.3, 0.4) is 0 Å². The van der Waals surface area contributed by atoms with Crippen LogP contribution in [0.2, 0.25) is 0 Å². The van der Waals surface area contributed by atoms with Crippen molar-refractivity contribution >= 4 is 22.8 Å². The summed E-state index contributed by atoms with van der Waals surface area (Å²) in [5, 5.41) is 3.62. The fourth-order valence-corrected chi connectivity index (χ4v) is 2.00. The Hall–Kier alpha value is -2.30. The number of aromatic amines is 1. The van der Waals surface area contributed by atoms with Gasteiger partial charge in [0, 0.05) is 11.6 Å². The lowest BCUT2D eigenvalue weighted by molar-refractivity contribution is -0.156. The summed E-state index contributed by atoms with van der Waals surface area (Å²) in [5.41, 5.74) is 0.689. The molecule has 0 bridgehead atoms. The van der Waals surface area contributed by atoms with E-state index in [2.05, 4.69) is 10.3 Å². The number of aromatic nitrogens is 1. The van der Waals surface area contributed by atoms with Crippen molar-refractivity contribution in [3.05, 3.63) is 36.0 Å². The lowest BCUT2D eigenvalue weighted by Gasteiger charge is -2.22. The van der Waals surface area contributed by atoms with E-state index in [1.807, 2.05) is 18.2 Å². The smallest absolute Gasteiger partial charge is 0.328 e. The largest absolute Gasteiger partial charge is 0.458 e. The highest BCUT2D eigenvalue weighted by molar-refractivity contribution is 6.06. The van der Waals surface area contributed by atoms with E-state index in [9.17, 15) is 9.59 Å². The lowest BCUT2D eigenvalue weighted by atomic mass is 10.1. The van der Waals surface area contributed by atoms with Crippen LogP contribution in [0.4, 0.5) is 0 Å². The topological polar surface area (TPSA) is 71.2 Å². The second-order valence-corrected chi connectivity index (χ2v) is 5.98. The minimum Gasteiger partial charge on any atom is -0.458 e. The highest BCUT2D eigenvalue weighted by atomic mass is 16.6. The van der Waals surface area contributed by atoms with Crippen LogP contribution in [0.5, 0.6) is 0 Å². The molecule has 0 fully saturated rings. The molecule has 0 saturated carbocycles. The normalized spacial score (nSPS) is 13.0.